The maximum atomic E-state index is 12.2. The summed E-state index contributed by atoms with van der Waals surface area (Å²) in [6.45, 7) is -0.342. The number of hydrogen-bond acceptors (Lipinski definition) is 3. The van der Waals surface area contributed by atoms with Gasteiger partial charge in [0.2, 0.25) is 5.96 Å². The number of ether oxygens (including phenoxy) is 1. The van der Waals surface area contributed by atoms with Crippen LogP contribution in [0.3, 0.4) is 0 Å². The third-order valence-corrected chi connectivity index (χ3v) is 1.99. The summed E-state index contributed by atoms with van der Waals surface area (Å²) in [6, 6.07) is 6.31. The van der Waals surface area contributed by atoms with E-state index in [0.29, 0.717) is 18.2 Å². The average molecular weight is 258 g/mol. The van der Waals surface area contributed by atoms with Crippen LogP contribution in [0, 0.1) is 0 Å². The summed E-state index contributed by atoms with van der Waals surface area (Å²) in [5, 5.41) is 2.79. The number of guanidine groups is 1. The summed E-state index contributed by atoms with van der Waals surface area (Å²) in [7, 11) is 0. The van der Waals surface area contributed by atoms with Crippen molar-refractivity contribution in [2.45, 2.75) is 20.0 Å². The van der Waals surface area contributed by atoms with Crippen LogP contribution in [0.15, 0.2) is 29.3 Å². The summed E-state index contributed by atoms with van der Waals surface area (Å²) in [5.41, 5.74) is 2.73. The molecule has 1 aromatic carbocycles. The lowest BCUT2D eigenvalue weighted by atomic mass is 10.3. The molecule has 0 heterocycles. The van der Waals surface area contributed by atoms with E-state index in [0.717, 1.165) is 6.42 Å². The Labute approximate surface area is 104 Å². The lowest BCUT2D eigenvalue weighted by molar-refractivity contribution is -0.0493. The van der Waals surface area contributed by atoms with Crippen molar-refractivity contribution in [3.8, 4) is 5.75 Å². The van der Waals surface area contributed by atoms with Crippen LogP contribution >= 0.6 is 0 Å². The number of benzene rings is 1. The standard InChI is InChI=1S/C11H16F2N4O/c1-2-7-15-11(17-14)16-8-5-3-4-6-9(8)18-10(12)13/h3-6,10H,2,7,14H2,1H3,(H2,15,16,17). The molecule has 0 atom stereocenters. The van der Waals surface area contributed by atoms with E-state index >= 15 is 0 Å². The molecule has 0 amide bonds. The Bertz CT molecular complexity index is 398. The number of nitrogens with two attached hydrogens (primary N) is 1. The highest BCUT2D eigenvalue weighted by Gasteiger charge is 2.09. The first kappa shape index (κ1) is 14.2. The topological polar surface area (TPSA) is 71.7 Å². The van der Waals surface area contributed by atoms with Crippen molar-refractivity contribution in [1.82, 2.24) is 5.43 Å². The van der Waals surface area contributed by atoms with Crippen LogP contribution in [0.1, 0.15) is 13.3 Å². The fourth-order valence-corrected chi connectivity index (χ4v) is 1.24. The summed E-state index contributed by atoms with van der Waals surface area (Å²) >= 11 is 0. The highest BCUT2D eigenvalue weighted by molar-refractivity contribution is 5.94. The number of para-hydroxylation sites is 2. The van der Waals surface area contributed by atoms with Gasteiger partial charge in [0, 0.05) is 6.54 Å². The molecule has 0 radical (unpaired) electrons. The van der Waals surface area contributed by atoms with E-state index in [1.54, 1.807) is 18.2 Å². The quantitative estimate of drug-likeness (QED) is 0.326. The molecule has 7 heteroatoms. The van der Waals surface area contributed by atoms with Crippen LogP contribution in [0.2, 0.25) is 0 Å². The van der Waals surface area contributed by atoms with E-state index in [9.17, 15) is 8.78 Å². The van der Waals surface area contributed by atoms with E-state index in [2.05, 4.69) is 20.5 Å². The Hall–Kier alpha value is -1.89. The van der Waals surface area contributed by atoms with Gasteiger partial charge in [0.25, 0.3) is 0 Å². The second kappa shape index (κ2) is 7.44. The lowest BCUT2D eigenvalue weighted by Crippen LogP contribution is -2.36. The lowest BCUT2D eigenvalue weighted by Gasteiger charge is -2.13. The molecule has 0 spiro atoms. The summed E-state index contributed by atoms with van der Waals surface area (Å²) in [5.74, 6) is 5.61. The van der Waals surface area contributed by atoms with Crippen molar-refractivity contribution < 1.29 is 13.5 Å². The predicted octanol–water partition coefficient (Wildman–Crippen LogP) is 1.93. The minimum Gasteiger partial charge on any atom is -0.433 e. The zero-order chi connectivity index (χ0) is 13.4. The van der Waals surface area contributed by atoms with Gasteiger partial charge in [-0.15, -0.1) is 0 Å². The summed E-state index contributed by atoms with van der Waals surface area (Å²) < 4.78 is 28.8. The van der Waals surface area contributed by atoms with Gasteiger partial charge >= 0.3 is 6.61 Å². The van der Waals surface area contributed by atoms with Crippen molar-refractivity contribution in [3.63, 3.8) is 0 Å². The van der Waals surface area contributed by atoms with Gasteiger partial charge < -0.3 is 10.1 Å². The van der Waals surface area contributed by atoms with Crippen LogP contribution in [0.4, 0.5) is 14.5 Å². The Kier molecular flexibility index (Phi) is 5.86. The van der Waals surface area contributed by atoms with Crippen molar-refractivity contribution >= 4 is 11.6 Å². The first-order valence-corrected chi connectivity index (χ1v) is 5.49. The van der Waals surface area contributed by atoms with Gasteiger partial charge in [-0.3, -0.25) is 10.4 Å². The molecular formula is C11H16F2N4O. The second-order valence-electron chi connectivity index (χ2n) is 3.37. The number of rotatable bonds is 5. The van der Waals surface area contributed by atoms with Crippen molar-refractivity contribution in [2.24, 2.45) is 10.8 Å². The number of nitrogens with one attached hydrogen (secondary N) is 2. The van der Waals surface area contributed by atoms with Crippen LogP contribution in [0.5, 0.6) is 5.75 Å². The molecule has 0 saturated heterocycles. The van der Waals surface area contributed by atoms with Crippen LogP contribution < -0.4 is 21.3 Å². The van der Waals surface area contributed by atoms with Gasteiger partial charge in [-0.1, -0.05) is 19.1 Å². The Morgan fingerprint density at radius 3 is 2.78 bits per heavy atom. The van der Waals surface area contributed by atoms with E-state index in [4.69, 9.17) is 5.84 Å². The molecule has 5 nitrogen and oxygen atoms in total. The molecule has 0 aliphatic heterocycles. The molecule has 100 valence electrons. The smallest absolute Gasteiger partial charge is 0.387 e. The minimum absolute atomic E-state index is 0.0342. The van der Waals surface area contributed by atoms with E-state index in [-0.39, 0.29) is 5.75 Å². The van der Waals surface area contributed by atoms with E-state index in [1.807, 2.05) is 6.92 Å². The van der Waals surface area contributed by atoms with Gasteiger partial charge in [0.05, 0.1) is 5.69 Å². The van der Waals surface area contributed by atoms with Gasteiger partial charge in [0.15, 0.2) is 0 Å². The van der Waals surface area contributed by atoms with Gasteiger partial charge in [-0.05, 0) is 18.6 Å². The third-order valence-electron chi connectivity index (χ3n) is 1.99. The zero-order valence-electron chi connectivity index (χ0n) is 9.99. The molecule has 0 aromatic heterocycles. The highest BCUT2D eigenvalue weighted by atomic mass is 19.3. The van der Waals surface area contributed by atoms with Crippen LogP contribution in [0.25, 0.3) is 0 Å². The summed E-state index contributed by atoms with van der Waals surface area (Å²) in [6.07, 6.45) is 0.849. The average Bonchev–Trinajstić information content (AvgIpc) is 2.35. The molecule has 18 heavy (non-hydrogen) atoms. The number of halogens is 2. The maximum Gasteiger partial charge on any atom is 0.387 e. The molecule has 0 aliphatic rings. The normalized spacial score (nSPS) is 11.5. The minimum atomic E-state index is -2.88. The van der Waals surface area contributed by atoms with E-state index in [1.165, 1.54) is 6.07 Å². The summed E-state index contributed by atoms with van der Waals surface area (Å²) in [4.78, 5) is 4.10. The largest absolute Gasteiger partial charge is 0.433 e. The van der Waals surface area contributed by atoms with E-state index < -0.39 is 6.61 Å². The molecule has 0 saturated carbocycles. The molecule has 4 N–H and O–H groups in total. The monoisotopic (exact) mass is 258 g/mol. The molecule has 0 aliphatic carbocycles. The fraction of sp³-hybridized carbons (Fsp3) is 0.364. The van der Waals surface area contributed by atoms with Crippen LogP contribution in [-0.4, -0.2) is 19.1 Å². The molecular weight excluding hydrogens is 242 g/mol. The number of hydrogen-bond donors (Lipinski definition) is 3. The number of hydrazine groups is 1. The number of nitrogens with zero attached hydrogens (tertiary/aromatic N) is 1. The third kappa shape index (κ3) is 4.54. The van der Waals surface area contributed by atoms with Gasteiger partial charge in [0.1, 0.15) is 5.75 Å². The molecule has 0 fully saturated rings. The molecule has 1 rings (SSSR count). The van der Waals surface area contributed by atoms with Gasteiger partial charge in [-0.25, -0.2) is 5.84 Å². The predicted molar refractivity (Wildman–Crippen MR) is 66.6 cm³/mol. The Morgan fingerprint density at radius 1 is 1.44 bits per heavy atom. The number of aliphatic imine (C=N–C) groups is 1. The Balaban J connectivity index is 2.81. The second-order valence-corrected chi connectivity index (χ2v) is 3.37. The first-order valence-electron chi connectivity index (χ1n) is 5.49. The van der Waals surface area contributed by atoms with Crippen LogP contribution in [-0.2, 0) is 0 Å². The highest BCUT2D eigenvalue weighted by Crippen LogP contribution is 2.25. The molecule has 0 unspecified atom stereocenters. The van der Waals surface area contributed by atoms with Crippen molar-refractivity contribution in [3.05, 3.63) is 24.3 Å². The maximum absolute atomic E-state index is 12.2. The Morgan fingerprint density at radius 2 is 2.17 bits per heavy atom. The molecule has 0 bridgehead atoms. The van der Waals surface area contributed by atoms with Crippen molar-refractivity contribution in [2.75, 3.05) is 11.9 Å². The zero-order valence-corrected chi connectivity index (χ0v) is 9.99. The number of anilines is 1. The molecule has 1 aromatic rings. The SMILES string of the molecule is CCCN=C(NN)Nc1ccccc1OC(F)F. The number of alkyl halides is 2. The first-order chi connectivity index (χ1) is 8.67. The fourth-order valence-electron chi connectivity index (χ4n) is 1.24. The van der Waals surface area contributed by atoms with Gasteiger partial charge in [-0.2, -0.15) is 8.78 Å². The van der Waals surface area contributed by atoms with Crippen molar-refractivity contribution in [1.29, 1.82) is 0 Å².